The molecular formula is C14H20Cl2N2O2. The summed E-state index contributed by atoms with van der Waals surface area (Å²) in [6.07, 6.45) is 2.78. The molecule has 1 aliphatic heterocycles. The highest BCUT2D eigenvalue weighted by Gasteiger charge is 2.17. The SMILES string of the molecule is Cl.O=C(O)N(CCN1CCCCC1)c1cccc(Cl)c1. The zero-order valence-electron chi connectivity index (χ0n) is 11.3. The second-order valence-corrected chi connectivity index (χ2v) is 5.25. The van der Waals surface area contributed by atoms with Gasteiger partial charge in [0.1, 0.15) is 0 Å². The van der Waals surface area contributed by atoms with Gasteiger partial charge in [0.2, 0.25) is 0 Å². The van der Waals surface area contributed by atoms with Gasteiger partial charge in [0.25, 0.3) is 0 Å². The molecule has 0 atom stereocenters. The fraction of sp³-hybridized carbons (Fsp3) is 0.500. The van der Waals surface area contributed by atoms with Gasteiger partial charge in [-0.15, -0.1) is 12.4 Å². The van der Waals surface area contributed by atoms with Crippen LogP contribution in [0.25, 0.3) is 0 Å². The smallest absolute Gasteiger partial charge is 0.411 e. The van der Waals surface area contributed by atoms with E-state index in [1.165, 1.54) is 24.2 Å². The third-order valence-electron chi connectivity index (χ3n) is 3.44. The third kappa shape index (κ3) is 4.85. The van der Waals surface area contributed by atoms with Crippen LogP contribution in [0.4, 0.5) is 10.5 Å². The lowest BCUT2D eigenvalue weighted by Gasteiger charge is -2.29. The molecule has 0 aliphatic carbocycles. The summed E-state index contributed by atoms with van der Waals surface area (Å²) in [7, 11) is 0. The summed E-state index contributed by atoms with van der Waals surface area (Å²) in [6.45, 7) is 3.40. The van der Waals surface area contributed by atoms with Crippen molar-refractivity contribution in [2.45, 2.75) is 19.3 Å². The van der Waals surface area contributed by atoms with Crippen LogP contribution < -0.4 is 4.90 Å². The molecule has 1 aromatic carbocycles. The number of carbonyl (C=O) groups is 1. The number of hydrogen-bond acceptors (Lipinski definition) is 2. The third-order valence-corrected chi connectivity index (χ3v) is 3.67. The topological polar surface area (TPSA) is 43.8 Å². The first-order valence-electron chi connectivity index (χ1n) is 6.65. The quantitative estimate of drug-likeness (QED) is 0.919. The van der Waals surface area contributed by atoms with E-state index in [9.17, 15) is 9.90 Å². The molecule has 1 aromatic rings. The molecule has 2 rings (SSSR count). The van der Waals surface area contributed by atoms with Crippen molar-refractivity contribution in [3.8, 4) is 0 Å². The van der Waals surface area contributed by atoms with Gasteiger partial charge in [-0.2, -0.15) is 0 Å². The molecule has 0 bridgehead atoms. The van der Waals surface area contributed by atoms with Crippen molar-refractivity contribution < 1.29 is 9.90 Å². The molecule has 0 radical (unpaired) electrons. The Morgan fingerprint density at radius 1 is 1.30 bits per heavy atom. The molecule has 20 heavy (non-hydrogen) atoms. The average molecular weight is 319 g/mol. The summed E-state index contributed by atoms with van der Waals surface area (Å²) in [5.41, 5.74) is 0.636. The fourth-order valence-corrected chi connectivity index (χ4v) is 2.59. The lowest BCUT2D eigenvalue weighted by molar-refractivity contribution is 0.196. The van der Waals surface area contributed by atoms with E-state index in [1.54, 1.807) is 24.3 Å². The number of amides is 1. The molecule has 6 heteroatoms. The minimum atomic E-state index is -0.931. The van der Waals surface area contributed by atoms with Crippen molar-refractivity contribution in [3.63, 3.8) is 0 Å². The van der Waals surface area contributed by atoms with E-state index in [4.69, 9.17) is 11.6 Å². The second kappa shape index (κ2) is 8.35. The van der Waals surface area contributed by atoms with Gasteiger partial charge in [-0.05, 0) is 44.1 Å². The second-order valence-electron chi connectivity index (χ2n) is 4.82. The summed E-state index contributed by atoms with van der Waals surface area (Å²) in [5.74, 6) is 0. The summed E-state index contributed by atoms with van der Waals surface area (Å²) in [4.78, 5) is 15.0. The maximum Gasteiger partial charge on any atom is 0.411 e. The molecule has 1 heterocycles. The highest BCUT2D eigenvalue weighted by Crippen LogP contribution is 2.20. The fourth-order valence-electron chi connectivity index (χ4n) is 2.40. The number of piperidine rings is 1. The first kappa shape index (κ1) is 17.1. The van der Waals surface area contributed by atoms with Crippen LogP contribution in [-0.2, 0) is 0 Å². The number of carboxylic acid groups (broad SMARTS) is 1. The summed E-state index contributed by atoms with van der Waals surface area (Å²) in [5, 5.41) is 9.87. The van der Waals surface area contributed by atoms with Crippen LogP contribution in [0.2, 0.25) is 5.02 Å². The Labute approximate surface area is 130 Å². The van der Waals surface area contributed by atoms with Crippen LogP contribution in [0.1, 0.15) is 19.3 Å². The highest BCUT2D eigenvalue weighted by molar-refractivity contribution is 6.30. The van der Waals surface area contributed by atoms with Crippen LogP contribution in [0.15, 0.2) is 24.3 Å². The molecule has 1 fully saturated rings. The van der Waals surface area contributed by atoms with Gasteiger partial charge >= 0.3 is 6.09 Å². The largest absolute Gasteiger partial charge is 0.465 e. The Kier molecular flexibility index (Phi) is 7.13. The molecule has 1 amide bonds. The Morgan fingerprint density at radius 2 is 2.00 bits per heavy atom. The highest BCUT2D eigenvalue weighted by atomic mass is 35.5. The predicted octanol–water partition coefficient (Wildman–Crippen LogP) is 3.73. The van der Waals surface area contributed by atoms with E-state index in [1.807, 2.05) is 0 Å². The lowest BCUT2D eigenvalue weighted by Crippen LogP contribution is -2.40. The summed E-state index contributed by atoms with van der Waals surface area (Å²) < 4.78 is 0. The average Bonchev–Trinajstić information content (AvgIpc) is 2.40. The van der Waals surface area contributed by atoms with Crippen LogP contribution in [0.5, 0.6) is 0 Å². The van der Waals surface area contributed by atoms with Crippen LogP contribution in [0.3, 0.4) is 0 Å². The number of likely N-dealkylation sites (tertiary alicyclic amines) is 1. The van der Waals surface area contributed by atoms with Crippen LogP contribution >= 0.6 is 24.0 Å². The van der Waals surface area contributed by atoms with Crippen LogP contribution in [-0.4, -0.2) is 42.3 Å². The standard InChI is InChI=1S/C14H19ClN2O2.ClH/c15-12-5-4-6-13(11-12)17(14(18)19)10-9-16-7-2-1-3-8-16;/h4-6,11H,1-3,7-10H2,(H,18,19);1H. The lowest BCUT2D eigenvalue weighted by atomic mass is 10.1. The monoisotopic (exact) mass is 318 g/mol. The number of hydrogen-bond donors (Lipinski definition) is 1. The molecule has 112 valence electrons. The Morgan fingerprint density at radius 3 is 2.60 bits per heavy atom. The van der Waals surface area contributed by atoms with Crippen molar-refractivity contribution in [2.24, 2.45) is 0 Å². The van der Waals surface area contributed by atoms with Crippen molar-refractivity contribution in [1.82, 2.24) is 4.90 Å². The molecule has 1 N–H and O–H groups in total. The molecule has 0 spiro atoms. The zero-order chi connectivity index (χ0) is 13.7. The Bertz CT molecular complexity index is 437. The van der Waals surface area contributed by atoms with Crippen molar-refractivity contribution in [1.29, 1.82) is 0 Å². The van der Waals surface area contributed by atoms with Gasteiger partial charge in [-0.3, -0.25) is 4.90 Å². The molecule has 1 saturated heterocycles. The van der Waals surface area contributed by atoms with Crippen molar-refractivity contribution >= 4 is 35.8 Å². The van der Waals surface area contributed by atoms with E-state index < -0.39 is 6.09 Å². The molecule has 0 aromatic heterocycles. The zero-order valence-corrected chi connectivity index (χ0v) is 12.9. The molecular weight excluding hydrogens is 299 g/mol. The van der Waals surface area contributed by atoms with Gasteiger partial charge in [-0.1, -0.05) is 24.1 Å². The normalized spacial score (nSPS) is 15.4. The number of anilines is 1. The maximum atomic E-state index is 11.3. The minimum Gasteiger partial charge on any atom is -0.465 e. The van der Waals surface area contributed by atoms with Gasteiger partial charge in [-0.25, -0.2) is 4.79 Å². The van der Waals surface area contributed by atoms with Gasteiger partial charge < -0.3 is 10.0 Å². The molecule has 1 aliphatic rings. The first-order chi connectivity index (χ1) is 9.16. The van der Waals surface area contributed by atoms with E-state index in [-0.39, 0.29) is 12.4 Å². The Hall–Kier alpha value is -0.970. The Balaban J connectivity index is 0.00000200. The minimum absolute atomic E-state index is 0. The maximum absolute atomic E-state index is 11.3. The van der Waals surface area contributed by atoms with E-state index in [0.29, 0.717) is 17.3 Å². The summed E-state index contributed by atoms with van der Waals surface area (Å²) in [6, 6.07) is 6.98. The van der Waals surface area contributed by atoms with Crippen molar-refractivity contribution in [2.75, 3.05) is 31.1 Å². The van der Waals surface area contributed by atoms with Crippen molar-refractivity contribution in [3.05, 3.63) is 29.3 Å². The van der Waals surface area contributed by atoms with E-state index in [0.717, 1.165) is 19.6 Å². The van der Waals surface area contributed by atoms with Crippen LogP contribution in [0, 0.1) is 0 Å². The molecule has 0 unspecified atom stereocenters. The number of rotatable bonds is 4. The molecule has 0 saturated carbocycles. The van der Waals surface area contributed by atoms with E-state index in [2.05, 4.69) is 4.90 Å². The number of nitrogens with zero attached hydrogens (tertiary/aromatic N) is 2. The number of halogens is 2. The molecule has 4 nitrogen and oxygen atoms in total. The number of benzene rings is 1. The summed E-state index contributed by atoms with van der Waals surface area (Å²) >= 11 is 5.91. The predicted molar refractivity (Wildman–Crippen MR) is 84.4 cm³/mol. The first-order valence-corrected chi connectivity index (χ1v) is 7.03. The van der Waals surface area contributed by atoms with Gasteiger partial charge in [0.05, 0.1) is 0 Å². The van der Waals surface area contributed by atoms with Gasteiger partial charge in [0, 0.05) is 23.8 Å². The van der Waals surface area contributed by atoms with E-state index >= 15 is 0 Å². The van der Waals surface area contributed by atoms with Gasteiger partial charge in [0.15, 0.2) is 0 Å².